The predicted molar refractivity (Wildman–Crippen MR) is 71.6 cm³/mol. The van der Waals surface area contributed by atoms with E-state index in [2.05, 4.69) is 9.97 Å². The molecule has 0 spiro atoms. The second-order valence-electron chi connectivity index (χ2n) is 4.49. The normalized spacial score (nSPS) is 12.5. The van der Waals surface area contributed by atoms with E-state index in [0.29, 0.717) is 5.56 Å². The number of aliphatic hydroxyl groups is 1. The maximum Gasteiger partial charge on any atom is 0.225 e. The predicted octanol–water partition coefficient (Wildman–Crippen LogP) is 2.70. The molecule has 2 aromatic carbocycles. The molecule has 0 bridgehead atoms. The van der Waals surface area contributed by atoms with Crippen molar-refractivity contribution in [2.24, 2.45) is 0 Å². The van der Waals surface area contributed by atoms with Gasteiger partial charge in [0.1, 0.15) is 17.7 Å². The van der Waals surface area contributed by atoms with Gasteiger partial charge in [0.05, 0.1) is 10.9 Å². The standard InChI is InChI=1S/C15H10F2N2O2/c16-9-6-4-8(5-7-9)13(20)14-18-11-3-1-2-10(17)12(11)15(21)19-14/h1-7,13,20H,(H,18,19,21)/t13-/m1/s1. The van der Waals surface area contributed by atoms with Crippen LogP contribution in [0, 0.1) is 11.6 Å². The Morgan fingerprint density at radius 2 is 1.67 bits per heavy atom. The molecule has 1 aromatic heterocycles. The van der Waals surface area contributed by atoms with Gasteiger partial charge in [0.2, 0.25) is 5.88 Å². The van der Waals surface area contributed by atoms with Gasteiger partial charge in [0, 0.05) is 0 Å². The molecule has 4 nitrogen and oxygen atoms in total. The molecule has 106 valence electrons. The molecule has 0 saturated heterocycles. The number of rotatable bonds is 2. The van der Waals surface area contributed by atoms with Gasteiger partial charge in [-0.1, -0.05) is 18.2 Å². The number of hydrogen-bond donors (Lipinski definition) is 2. The van der Waals surface area contributed by atoms with Crippen molar-refractivity contribution in [3.05, 3.63) is 65.5 Å². The van der Waals surface area contributed by atoms with Crippen LogP contribution in [0.15, 0.2) is 42.5 Å². The van der Waals surface area contributed by atoms with Crippen LogP contribution in [0.2, 0.25) is 0 Å². The summed E-state index contributed by atoms with van der Waals surface area (Å²) in [6.45, 7) is 0. The average Bonchev–Trinajstić information content (AvgIpc) is 2.47. The van der Waals surface area contributed by atoms with Crippen LogP contribution in [-0.4, -0.2) is 20.2 Å². The molecule has 0 aliphatic heterocycles. The topological polar surface area (TPSA) is 66.2 Å². The molecule has 21 heavy (non-hydrogen) atoms. The van der Waals surface area contributed by atoms with E-state index in [9.17, 15) is 19.0 Å². The maximum atomic E-state index is 13.6. The van der Waals surface area contributed by atoms with E-state index in [1.54, 1.807) is 0 Å². The number of nitrogens with zero attached hydrogens (tertiary/aromatic N) is 2. The summed E-state index contributed by atoms with van der Waals surface area (Å²) in [6, 6.07) is 9.28. The first-order chi connectivity index (χ1) is 10.1. The second-order valence-corrected chi connectivity index (χ2v) is 4.49. The van der Waals surface area contributed by atoms with Crippen molar-refractivity contribution in [1.29, 1.82) is 0 Å². The van der Waals surface area contributed by atoms with Crippen molar-refractivity contribution in [2.75, 3.05) is 0 Å². The third kappa shape index (κ3) is 2.41. The van der Waals surface area contributed by atoms with Crippen molar-refractivity contribution >= 4 is 10.9 Å². The fourth-order valence-electron chi connectivity index (χ4n) is 2.06. The third-order valence-corrected chi connectivity index (χ3v) is 3.10. The van der Waals surface area contributed by atoms with E-state index in [-0.39, 0.29) is 16.7 Å². The zero-order chi connectivity index (χ0) is 15.0. The number of benzene rings is 2. The molecule has 3 rings (SSSR count). The number of halogens is 2. The van der Waals surface area contributed by atoms with E-state index in [0.717, 1.165) is 0 Å². The lowest BCUT2D eigenvalue weighted by atomic mass is 10.1. The van der Waals surface area contributed by atoms with Crippen LogP contribution in [0.3, 0.4) is 0 Å². The zero-order valence-corrected chi connectivity index (χ0v) is 10.7. The quantitative estimate of drug-likeness (QED) is 0.761. The van der Waals surface area contributed by atoms with Crippen LogP contribution >= 0.6 is 0 Å². The molecular formula is C15H10F2N2O2. The fourth-order valence-corrected chi connectivity index (χ4v) is 2.06. The number of aromatic hydroxyl groups is 1. The molecule has 0 aliphatic rings. The van der Waals surface area contributed by atoms with Gasteiger partial charge >= 0.3 is 0 Å². The fraction of sp³-hybridized carbons (Fsp3) is 0.0667. The molecule has 1 atom stereocenters. The molecule has 0 amide bonds. The molecule has 3 aromatic rings. The van der Waals surface area contributed by atoms with Gasteiger partial charge in [0.25, 0.3) is 0 Å². The van der Waals surface area contributed by atoms with Crippen molar-refractivity contribution < 1.29 is 19.0 Å². The summed E-state index contributed by atoms with van der Waals surface area (Å²) in [5, 5.41) is 19.9. The van der Waals surface area contributed by atoms with Crippen LogP contribution in [0.25, 0.3) is 10.9 Å². The largest absolute Gasteiger partial charge is 0.493 e. The van der Waals surface area contributed by atoms with E-state index < -0.39 is 23.6 Å². The Morgan fingerprint density at radius 1 is 0.952 bits per heavy atom. The van der Waals surface area contributed by atoms with Crippen molar-refractivity contribution in [3.8, 4) is 5.88 Å². The Bertz CT molecular complexity index is 807. The summed E-state index contributed by atoms with van der Waals surface area (Å²) in [7, 11) is 0. The highest BCUT2D eigenvalue weighted by Crippen LogP contribution is 2.27. The summed E-state index contributed by atoms with van der Waals surface area (Å²) in [6.07, 6.45) is -1.25. The molecule has 1 heterocycles. The van der Waals surface area contributed by atoms with E-state index in [4.69, 9.17) is 0 Å². The molecule has 0 fully saturated rings. The molecule has 2 N–H and O–H groups in total. The Morgan fingerprint density at radius 3 is 2.38 bits per heavy atom. The highest BCUT2D eigenvalue weighted by molar-refractivity contribution is 5.83. The van der Waals surface area contributed by atoms with Crippen LogP contribution < -0.4 is 0 Å². The number of fused-ring (bicyclic) bond motifs is 1. The van der Waals surface area contributed by atoms with Gasteiger partial charge in [-0.3, -0.25) is 0 Å². The summed E-state index contributed by atoms with van der Waals surface area (Å²) < 4.78 is 26.5. The van der Waals surface area contributed by atoms with Crippen LogP contribution in [0.1, 0.15) is 17.5 Å². The minimum atomic E-state index is -1.25. The van der Waals surface area contributed by atoms with Crippen LogP contribution in [-0.2, 0) is 0 Å². The highest BCUT2D eigenvalue weighted by Gasteiger charge is 2.18. The Hall–Kier alpha value is -2.60. The molecule has 6 heteroatoms. The second kappa shape index (κ2) is 5.06. The first-order valence-corrected chi connectivity index (χ1v) is 6.15. The highest BCUT2D eigenvalue weighted by atomic mass is 19.1. The van der Waals surface area contributed by atoms with Crippen molar-refractivity contribution in [3.63, 3.8) is 0 Å². The van der Waals surface area contributed by atoms with Crippen LogP contribution in [0.4, 0.5) is 8.78 Å². The SMILES string of the molecule is Oc1nc([C@H](O)c2ccc(F)cc2)nc2cccc(F)c12. The molecule has 0 radical (unpaired) electrons. The average molecular weight is 288 g/mol. The summed E-state index contributed by atoms with van der Waals surface area (Å²) in [5.74, 6) is -1.71. The lowest BCUT2D eigenvalue weighted by Gasteiger charge is -2.11. The summed E-state index contributed by atoms with van der Waals surface area (Å²) in [5.41, 5.74) is 0.546. The van der Waals surface area contributed by atoms with Gasteiger partial charge in [-0.05, 0) is 29.8 Å². The molecule has 0 unspecified atom stereocenters. The summed E-state index contributed by atoms with van der Waals surface area (Å²) >= 11 is 0. The van der Waals surface area contributed by atoms with E-state index in [1.807, 2.05) is 0 Å². The number of aromatic nitrogens is 2. The lowest BCUT2D eigenvalue weighted by molar-refractivity contribution is 0.209. The van der Waals surface area contributed by atoms with Crippen LogP contribution in [0.5, 0.6) is 5.88 Å². The van der Waals surface area contributed by atoms with Gasteiger partial charge in [0.15, 0.2) is 5.82 Å². The van der Waals surface area contributed by atoms with E-state index >= 15 is 0 Å². The Balaban J connectivity index is 2.10. The minimum Gasteiger partial charge on any atom is -0.493 e. The third-order valence-electron chi connectivity index (χ3n) is 3.10. The van der Waals surface area contributed by atoms with Gasteiger partial charge in [-0.25, -0.2) is 13.8 Å². The Kier molecular flexibility index (Phi) is 3.23. The van der Waals surface area contributed by atoms with Gasteiger partial charge in [-0.15, -0.1) is 0 Å². The Labute approximate surface area is 118 Å². The monoisotopic (exact) mass is 288 g/mol. The first-order valence-electron chi connectivity index (χ1n) is 6.15. The first kappa shape index (κ1) is 13.4. The number of hydrogen-bond acceptors (Lipinski definition) is 4. The van der Waals surface area contributed by atoms with Gasteiger partial charge in [-0.2, -0.15) is 4.98 Å². The molecule has 0 aliphatic carbocycles. The minimum absolute atomic E-state index is 0.0859. The summed E-state index contributed by atoms with van der Waals surface area (Å²) in [4.78, 5) is 7.76. The zero-order valence-electron chi connectivity index (χ0n) is 10.7. The maximum absolute atomic E-state index is 13.6. The smallest absolute Gasteiger partial charge is 0.225 e. The van der Waals surface area contributed by atoms with Crippen molar-refractivity contribution in [2.45, 2.75) is 6.10 Å². The lowest BCUT2D eigenvalue weighted by Crippen LogP contribution is -2.06. The van der Waals surface area contributed by atoms with E-state index in [1.165, 1.54) is 42.5 Å². The van der Waals surface area contributed by atoms with Crippen molar-refractivity contribution in [1.82, 2.24) is 9.97 Å². The van der Waals surface area contributed by atoms with Gasteiger partial charge < -0.3 is 10.2 Å². The molecule has 0 saturated carbocycles. The molecular weight excluding hydrogens is 278 g/mol. The number of aliphatic hydroxyl groups excluding tert-OH is 1.